The number of nitrogens with zero attached hydrogens (tertiary/aromatic N) is 1. The van der Waals surface area contributed by atoms with Gasteiger partial charge in [-0.15, -0.1) is 0 Å². The zero-order valence-corrected chi connectivity index (χ0v) is 14.3. The van der Waals surface area contributed by atoms with E-state index in [1.165, 1.54) is 11.1 Å². The zero-order chi connectivity index (χ0) is 15.3. The normalized spacial score (nSPS) is 12.8. The summed E-state index contributed by atoms with van der Waals surface area (Å²) in [5.41, 5.74) is 5.70. The predicted molar refractivity (Wildman–Crippen MR) is 93.6 cm³/mol. The first-order chi connectivity index (χ1) is 9.38. The molecule has 0 aliphatic carbocycles. The molecule has 0 aromatic heterocycles. The first kappa shape index (κ1) is 16.5. The van der Waals surface area contributed by atoms with Gasteiger partial charge < -0.3 is 4.90 Å². The summed E-state index contributed by atoms with van der Waals surface area (Å²) in [4.78, 5) is 2.12. The van der Waals surface area contributed by atoms with E-state index in [0.29, 0.717) is 0 Å². The van der Waals surface area contributed by atoms with Crippen LogP contribution in [-0.2, 0) is 0 Å². The van der Waals surface area contributed by atoms with Crippen LogP contribution in [0.5, 0.6) is 0 Å². The Hall–Kier alpha value is -1.54. The third-order valence-electron chi connectivity index (χ3n) is 3.43. The Morgan fingerprint density at radius 3 is 2.40 bits per heavy atom. The minimum Gasteiger partial charge on any atom is -0.351 e. The molecule has 0 saturated carbocycles. The van der Waals surface area contributed by atoms with Crippen LogP contribution in [-0.4, -0.2) is 11.9 Å². The molecule has 0 aliphatic rings. The van der Waals surface area contributed by atoms with Crippen molar-refractivity contribution in [1.29, 1.82) is 0 Å². The third-order valence-corrected chi connectivity index (χ3v) is 4.33. The maximum atomic E-state index is 4.18. The van der Waals surface area contributed by atoms with Crippen LogP contribution in [0.2, 0.25) is 0 Å². The van der Waals surface area contributed by atoms with Gasteiger partial charge in [-0.05, 0) is 59.5 Å². The van der Waals surface area contributed by atoms with Crippen molar-refractivity contribution in [1.82, 2.24) is 4.90 Å². The van der Waals surface area contributed by atoms with Crippen LogP contribution in [0, 0.1) is 6.92 Å². The van der Waals surface area contributed by atoms with E-state index < -0.39 is 0 Å². The molecule has 1 nitrogen and oxygen atoms in total. The quantitative estimate of drug-likeness (QED) is 0.629. The molecule has 0 N–H and O–H groups in total. The molecule has 106 valence electrons. The van der Waals surface area contributed by atoms with E-state index >= 15 is 0 Å². The number of benzene rings is 1. The highest BCUT2D eigenvalue weighted by Crippen LogP contribution is 2.23. The average molecular weight is 332 g/mol. The molecule has 0 saturated heterocycles. The second-order valence-corrected chi connectivity index (χ2v) is 5.68. The molecule has 1 aromatic carbocycles. The molecule has 0 amide bonds. The largest absolute Gasteiger partial charge is 0.351 e. The highest BCUT2D eigenvalue weighted by molar-refractivity contribution is 9.11. The summed E-state index contributed by atoms with van der Waals surface area (Å²) in [6.07, 6.45) is 3.91. The van der Waals surface area contributed by atoms with Gasteiger partial charge in [0.2, 0.25) is 0 Å². The number of aryl methyl sites for hydroxylation is 1. The van der Waals surface area contributed by atoms with Crippen molar-refractivity contribution in [3.8, 4) is 0 Å². The Labute approximate surface area is 131 Å². The van der Waals surface area contributed by atoms with E-state index in [4.69, 9.17) is 0 Å². The van der Waals surface area contributed by atoms with Gasteiger partial charge in [-0.1, -0.05) is 43.5 Å². The fraction of sp³-hybridized carbons (Fsp3) is 0.222. The minimum atomic E-state index is 0.995. The number of halogens is 1. The molecule has 20 heavy (non-hydrogen) atoms. The van der Waals surface area contributed by atoms with Crippen molar-refractivity contribution in [3.63, 3.8) is 0 Å². The molecule has 0 heterocycles. The lowest BCUT2D eigenvalue weighted by Crippen LogP contribution is -2.14. The molecule has 0 unspecified atom stereocenters. The van der Waals surface area contributed by atoms with Gasteiger partial charge in [0.15, 0.2) is 0 Å². The van der Waals surface area contributed by atoms with Gasteiger partial charge in [0.05, 0.1) is 0 Å². The van der Waals surface area contributed by atoms with E-state index in [2.05, 4.69) is 73.0 Å². The second-order valence-electron chi connectivity index (χ2n) is 4.82. The molecular formula is C18H22BrN. The van der Waals surface area contributed by atoms with Crippen LogP contribution < -0.4 is 0 Å². The summed E-state index contributed by atoms with van der Waals surface area (Å²) in [7, 11) is 2.04. The van der Waals surface area contributed by atoms with Crippen molar-refractivity contribution in [3.05, 3.63) is 76.6 Å². The first-order valence-corrected chi connectivity index (χ1v) is 7.33. The predicted octanol–water partition coefficient (Wildman–Crippen LogP) is 5.66. The van der Waals surface area contributed by atoms with E-state index in [1.807, 2.05) is 19.2 Å². The summed E-state index contributed by atoms with van der Waals surface area (Å²) in [5.74, 6) is 0. The molecule has 0 bridgehead atoms. The summed E-state index contributed by atoms with van der Waals surface area (Å²) >= 11 is 3.50. The molecule has 1 rings (SSSR count). The highest BCUT2D eigenvalue weighted by Gasteiger charge is 2.06. The van der Waals surface area contributed by atoms with Crippen LogP contribution in [0.4, 0.5) is 0 Å². The topological polar surface area (TPSA) is 3.24 Å². The maximum absolute atomic E-state index is 4.18. The number of hydrogen-bond acceptors (Lipinski definition) is 1. The maximum Gasteiger partial charge on any atom is 0.0361 e. The number of allylic oxidation sites excluding steroid dienone is 6. The van der Waals surface area contributed by atoms with Gasteiger partial charge in [0, 0.05) is 22.9 Å². The Balaban J connectivity index is 3.03. The lowest BCUT2D eigenvalue weighted by molar-refractivity contribution is 0.521. The van der Waals surface area contributed by atoms with Gasteiger partial charge in [-0.2, -0.15) is 0 Å². The fourth-order valence-corrected chi connectivity index (χ4v) is 2.20. The molecule has 2 heteroatoms. The Bertz CT molecular complexity index is 579. The smallest absolute Gasteiger partial charge is 0.0361 e. The summed E-state index contributed by atoms with van der Waals surface area (Å²) in [6, 6.07) is 8.29. The fourth-order valence-electron chi connectivity index (χ4n) is 1.93. The summed E-state index contributed by atoms with van der Waals surface area (Å²) in [6.45, 7) is 14.2. The standard InChI is InChI=1S/C18H22BrN/c1-7-18(19)16(5)20(6)15(4)12-14(3)17-11-9-8-10-13(17)2/h7-12H,1,3H2,2,4-6H3/b15-12-,18-16+. The molecular weight excluding hydrogens is 310 g/mol. The van der Waals surface area contributed by atoms with Gasteiger partial charge in [-0.3, -0.25) is 0 Å². The monoisotopic (exact) mass is 331 g/mol. The van der Waals surface area contributed by atoms with Crippen molar-refractivity contribution in [2.24, 2.45) is 0 Å². The molecule has 0 aliphatic heterocycles. The van der Waals surface area contributed by atoms with Crippen LogP contribution in [0.25, 0.3) is 5.57 Å². The van der Waals surface area contributed by atoms with Crippen molar-refractivity contribution in [2.45, 2.75) is 20.8 Å². The lowest BCUT2D eigenvalue weighted by atomic mass is 10.0. The van der Waals surface area contributed by atoms with Crippen molar-refractivity contribution < 1.29 is 0 Å². The molecule has 0 spiro atoms. The van der Waals surface area contributed by atoms with Crippen LogP contribution in [0.15, 0.2) is 65.5 Å². The third kappa shape index (κ3) is 3.97. The van der Waals surface area contributed by atoms with Crippen LogP contribution in [0.3, 0.4) is 0 Å². The molecule has 0 radical (unpaired) electrons. The second kappa shape index (κ2) is 7.30. The van der Waals surface area contributed by atoms with E-state index in [1.54, 1.807) is 6.08 Å². The van der Waals surface area contributed by atoms with E-state index in [0.717, 1.165) is 21.4 Å². The van der Waals surface area contributed by atoms with Gasteiger partial charge in [0.1, 0.15) is 0 Å². The number of hydrogen-bond donors (Lipinski definition) is 0. The van der Waals surface area contributed by atoms with Gasteiger partial charge in [-0.25, -0.2) is 0 Å². The Morgan fingerprint density at radius 2 is 1.85 bits per heavy atom. The van der Waals surface area contributed by atoms with E-state index in [9.17, 15) is 0 Å². The lowest BCUT2D eigenvalue weighted by Gasteiger charge is -2.22. The SMILES string of the molecule is C=C/C(Br)=C(/C)N(C)/C(C)=C\C(=C)c1ccccc1C. The molecule has 0 atom stereocenters. The first-order valence-electron chi connectivity index (χ1n) is 6.54. The summed E-state index contributed by atoms with van der Waals surface area (Å²) in [5, 5.41) is 0. The van der Waals surface area contributed by atoms with Gasteiger partial charge >= 0.3 is 0 Å². The highest BCUT2D eigenvalue weighted by atomic mass is 79.9. The van der Waals surface area contributed by atoms with Crippen LogP contribution >= 0.6 is 15.9 Å². The van der Waals surface area contributed by atoms with Gasteiger partial charge in [0.25, 0.3) is 0 Å². The minimum absolute atomic E-state index is 0.995. The van der Waals surface area contributed by atoms with Crippen molar-refractivity contribution >= 4 is 21.5 Å². The Morgan fingerprint density at radius 1 is 1.25 bits per heavy atom. The zero-order valence-electron chi connectivity index (χ0n) is 12.7. The molecule has 1 aromatic rings. The Kier molecular flexibility index (Phi) is 6.03. The number of rotatable bonds is 5. The van der Waals surface area contributed by atoms with Crippen LogP contribution in [0.1, 0.15) is 25.0 Å². The van der Waals surface area contributed by atoms with E-state index in [-0.39, 0.29) is 0 Å². The van der Waals surface area contributed by atoms with Crippen molar-refractivity contribution in [2.75, 3.05) is 7.05 Å². The summed E-state index contributed by atoms with van der Waals surface area (Å²) < 4.78 is 0.995. The average Bonchev–Trinajstić information content (AvgIpc) is 2.44. The molecule has 0 fully saturated rings.